The molecule has 3 rings (SSSR count). The maximum absolute atomic E-state index is 5.59. The highest BCUT2D eigenvalue weighted by atomic mass is 16.5. The van der Waals surface area contributed by atoms with Crippen LogP contribution in [-0.2, 0) is 9.47 Å². The summed E-state index contributed by atoms with van der Waals surface area (Å²) < 4.78 is 11.0. The molecule has 0 amide bonds. The Hall–Kier alpha value is -1.06. The minimum absolute atomic E-state index is 0.238. The third kappa shape index (κ3) is 1.04. The van der Waals surface area contributed by atoms with Crippen LogP contribution in [0.2, 0.25) is 0 Å². The van der Waals surface area contributed by atoms with Crippen LogP contribution in [0.15, 0.2) is 9.98 Å². The first-order valence-corrected chi connectivity index (χ1v) is 4.71. The van der Waals surface area contributed by atoms with Gasteiger partial charge in [0, 0.05) is 13.3 Å². The molecule has 1 aliphatic carbocycles. The molecule has 4 atom stereocenters. The maximum Gasteiger partial charge on any atom is 0.180 e. The zero-order valence-electron chi connectivity index (χ0n) is 7.51. The van der Waals surface area contributed by atoms with Gasteiger partial charge in [-0.15, -0.1) is 0 Å². The van der Waals surface area contributed by atoms with Crippen molar-refractivity contribution in [1.29, 1.82) is 0 Å². The predicted molar refractivity (Wildman–Crippen MR) is 48.2 cm³/mol. The molecule has 70 valence electrons. The largest absolute Gasteiger partial charge is 0.478 e. The number of fused-ring (bicyclic) bond motifs is 2. The van der Waals surface area contributed by atoms with Gasteiger partial charge < -0.3 is 9.47 Å². The van der Waals surface area contributed by atoms with Gasteiger partial charge in [0.2, 0.25) is 0 Å². The van der Waals surface area contributed by atoms with Crippen LogP contribution >= 0.6 is 0 Å². The van der Waals surface area contributed by atoms with Crippen LogP contribution in [0.1, 0.15) is 19.8 Å². The van der Waals surface area contributed by atoms with E-state index < -0.39 is 0 Å². The molecular formula is C9H12N2O2. The van der Waals surface area contributed by atoms with Crippen molar-refractivity contribution < 1.29 is 9.47 Å². The maximum atomic E-state index is 5.59. The molecule has 3 aliphatic rings. The van der Waals surface area contributed by atoms with Gasteiger partial charge in [-0.05, 0) is 6.42 Å². The first kappa shape index (κ1) is 7.35. The lowest BCUT2D eigenvalue weighted by atomic mass is 9.87. The molecule has 0 spiro atoms. The Bertz CT molecular complexity index is 287. The molecule has 2 aliphatic heterocycles. The topological polar surface area (TPSA) is 43.2 Å². The van der Waals surface area contributed by atoms with Gasteiger partial charge >= 0.3 is 0 Å². The van der Waals surface area contributed by atoms with Crippen LogP contribution in [0, 0.1) is 0 Å². The number of hydrogen-bond acceptors (Lipinski definition) is 4. The fourth-order valence-corrected chi connectivity index (χ4v) is 2.33. The van der Waals surface area contributed by atoms with E-state index in [0.29, 0.717) is 12.1 Å². The molecule has 4 nitrogen and oxygen atoms in total. The van der Waals surface area contributed by atoms with Crippen LogP contribution < -0.4 is 0 Å². The van der Waals surface area contributed by atoms with Crippen LogP contribution in [-0.4, -0.2) is 36.6 Å². The zero-order chi connectivity index (χ0) is 8.84. The third-order valence-corrected chi connectivity index (χ3v) is 2.96. The third-order valence-electron chi connectivity index (χ3n) is 2.96. The monoisotopic (exact) mass is 180 g/mol. The Balaban J connectivity index is 1.80. The Morgan fingerprint density at radius 3 is 3.15 bits per heavy atom. The molecule has 0 bridgehead atoms. The SMILES string of the molecule is CC1=NC2CC3N=COC3CC2O1. The Kier molecular flexibility index (Phi) is 1.39. The summed E-state index contributed by atoms with van der Waals surface area (Å²) in [4.78, 5) is 8.71. The molecule has 0 radical (unpaired) electrons. The van der Waals surface area contributed by atoms with Crippen molar-refractivity contribution >= 4 is 12.3 Å². The minimum atomic E-state index is 0.238. The molecule has 0 aromatic carbocycles. The molecule has 4 unspecified atom stereocenters. The van der Waals surface area contributed by atoms with Crippen LogP contribution in [0.3, 0.4) is 0 Å². The summed E-state index contributed by atoms with van der Waals surface area (Å²) in [5.74, 6) is 0.818. The van der Waals surface area contributed by atoms with E-state index in [1.807, 2.05) is 6.92 Å². The summed E-state index contributed by atoms with van der Waals surface area (Å²) in [5, 5.41) is 0. The zero-order valence-corrected chi connectivity index (χ0v) is 7.51. The van der Waals surface area contributed by atoms with E-state index in [2.05, 4.69) is 9.98 Å². The molecule has 0 N–H and O–H groups in total. The van der Waals surface area contributed by atoms with Gasteiger partial charge in [0.15, 0.2) is 12.3 Å². The van der Waals surface area contributed by atoms with Crippen molar-refractivity contribution in [1.82, 2.24) is 0 Å². The molecule has 1 saturated carbocycles. The highest BCUT2D eigenvalue weighted by molar-refractivity contribution is 5.75. The van der Waals surface area contributed by atoms with Crippen LogP contribution in [0.4, 0.5) is 0 Å². The second kappa shape index (κ2) is 2.47. The van der Waals surface area contributed by atoms with Gasteiger partial charge in [-0.25, -0.2) is 4.99 Å². The van der Waals surface area contributed by atoms with E-state index in [-0.39, 0.29) is 12.2 Å². The van der Waals surface area contributed by atoms with Crippen molar-refractivity contribution in [2.75, 3.05) is 0 Å². The number of aliphatic imine (C=N–C) groups is 2. The van der Waals surface area contributed by atoms with E-state index in [1.165, 1.54) is 0 Å². The summed E-state index contributed by atoms with van der Waals surface area (Å²) in [6.45, 7) is 1.91. The highest BCUT2D eigenvalue weighted by Crippen LogP contribution is 2.33. The Labute approximate surface area is 76.7 Å². The molecule has 0 aromatic heterocycles. The Morgan fingerprint density at radius 2 is 2.23 bits per heavy atom. The lowest BCUT2D eigenvalue weighted by Gasteiger charge is -2.29. The number of rotatable bonds is 0. The van der Waals surface area contributed by atoms with E-state index in [4.69, 9.17) is 9.47 Å². The first-order chi connectivity index (χ1) is 6.33. The molecule has 13 heavy (non-hydrogen) atoms. The number of hydrogen-bond donors (Lipinski definition) is 0. The summed E-state index contributed by atoms with van der Waals surface area (Å²) >= 11 is 0. The lowest BCUT2D eigenvalue weighted by Crippen LogP contribution is -2.41. The molecule has 0 aromatic rings. The summed E-state index contributed by atoms with van der Waals surface area (Å²) in [6.07, 6.45) is 3.96. The molecule has 2 heterocycles. The molecule has 4 heteroatoms. The van der Waals surface area contributed by atoms with Gasteiger partial charge in [0.25, 0.3) is 0 Å². The van der Waals surface area contributed by atoms with Crippen LogP contribution in [0.5, 0.6) is 0 Å². The normalized spacial score (nSPS) is 46.1. The first-order valence-electron chi connectivity index (χ1n) is 4.71. The van der Waals surface area contributed by atoms with E-state index in [0.717, 1.165) is 18.7 Å². The van der Waals surface area contributed by atoms with E-state index in [1.54, 1.807) is 6.40 Å². The van der Waals surface area contributed by atoms with E-state index in [9.17, 15) is 0 Å². The van der Waals surface area contributed by atoms with Crippen molar-refractivity contribution in [3.63, 3.8) is 0 Å². The van der Waals surface area contributed by atoms with Crippen molar-refractivity contribution in [2.24, 2.45) is 9.98 Å². The average Bonchev–Trinajstić information content (AvgIpc) is 2.63. The lowest BCUT2D eigenvalue weighted by molar-refractivity contribution is 0.0636. The van der Waals surface area contributed by atoms with Crippen LogP contribution in [0.25, 0.3) is 0 Å². The fraction of sp³-hybridized carbons (Fsp3) is 0.778. The summed E-state index contributed by atoms with van der Waals surface area (Å²) in [5.41, 5.74) is 0. The van der Waals surface area contributed by atoms with Crippen molar-refractivity contribution in [2.45, 2.75) is 44.1 Å². The van der Waals surface area contributed by atoms with E-state index >= 15 is 0 Å². The molecule has 1 fully saturated rings. The number of nitrogens with zero attached hydrogens (tertiary/aromatic N) is 2. The van der Waals surface area contributed by atoms with Crippen molar-refractivity contribution in [3.05, 3.63) is 0 Å². The van der Waals surface area contributed by atoms with Gasteiger partial charge in [-0.2, -0.15) is 0 Å². The average molecular weight is 180 g/mol. The van der Waals surface area contributed by atoms with Gasteiger partial charge in [0.05, 0.1) is 12.1 Å². The predicted octanol–water partition coefficient (Wildman–Crippen LogP) is 0.762. The minimum Gasteiger partial charge on any atom is -0.478 e. The Morgan fingerprint density at radius 1 is 1.31 bits per heavy atom. The summed E-state index contributed by atoms with van der Waals surface area (Å²) in [7, 11) is 0. The van der Waals surface area contributed by atoms with Crippen molar-refractivity contribution in [3.8, 4) is 0 Å². The standard InChI is InChI=1S/C9H12N2O2/c1-5-11-7-2-6-8(12-4-10-6)3-9(7)13-5/h4,6-9H,2-3H2,1H3. The number of ether oxygens (including phenoxy) is 2. The quantitative estimate of drug-likeness (QED) is 0.552. The molecule has 0 saturated heterocycles. The van der Waals surface area contributed by atoms with Gasteiger partial charge in [0.1, 0.15) is 12.2 Å². The smallest absolute Gasteiger partial charge is 0.180 e. The fourth-order valence-electron chi connectivity index (χ4n) is 2.33. The highest BCUT2D eigenvalue weighted by Gasteiger charge is 2.43. The van der Waals surface area contributed by atoms with Gasteiger partial charge in [-0.1, -0.05) is 0 Å². The second-order valence-electron chi connectivity index (χ2n) is 3.84. The molecular weight excluding hydrogens is 168 g/mol. The van der Waals surface area contributed by atoms with Gasteiger partial charge in [-0.3, -0.25) is 4.99 Å². The summed E-state index contributed by atoms with van der Waals surface area (Å²) in [6, 6.07) is 0.639. The second-order valence-corrected chi connectivity index (χ2v) is 3.84.